The maximum absolute atomic E-state index is 13.0. The predicted molar refractivity (Wildman–Crippen MR) is 120 cm³/mol. The molecule has 0 aromatic heterocycles. The molecule has 1 unspecified atom stereocenters. The molecule has 0 aliphatic carbocycles. The van der Waals surface area contributed by atoms with Gasteiger partial charge < -0.3 is 14.9 Å². The van der Waals surface area contributed by atoms with Gasteiger partial charge in [-0.1, -0.05) is 41.4 Å². The molecule has 30 heavy (non-hydrogen) atoms. The van der Waals surface area contributed by atoms with Crippen LogP contribution in [0.15, 0.2) is 48.0 Å². The third kappa shape index (κ3) is 4.42. The monoisotopic (exact) mass is 426 g/mol. The number of rotatable bonds is 6. The number of hydrogen-bond donors (Lipinski definition) is 1. The molecule has 1 atom stereocenters. The Labute approximate surface area is 182 Å². The lowest BCUT2D eigenvalue weighted by atomic mass is 9.93. The van der Waals surface area contributed by atoms with Gasteiger partial charge in [0.05, 0.1) is 11.6 Å². The molecular weight excluding hydrogens is 400 g/mol. The molecule has 1 N–H and O–H groups in total. The summed E-state index contributed by atoms with van der Waals surface area (Å²) in [7, 11) is 3.93. The number of carbonyl (C=O) groups excluding carboxylic acids is 2. The first-order valence-electron chi connectivity index (χ1n) is 9.97. The molecule has 0 bridgehead atoms. The third-order valence-electron chi connectivity index (χ3n) is 5.38. The van der Waals surface area contributed by atoms with E-state index in [4.69, 9.17) is 11.6 Å². The van der Waals surface area contributed by atoms with Gasteiger partial charge in [-0.15, -0.1) is 0 Å². The molecule has 6 heteroatoms. The first-order valence-corrected chi connectivity index (χ1v) is 10.3. The average Bonchev–Trinajstić information content (AvgIpc) is 2.94. The highest BCUT2D eigenvalue weighted by atomic mass is 35.5. The summed E-state index contributed by atoms with van der Waals surface area (Å²) in [4.78, 5) is 29.5. The van der Waals surface area contributed by atoms with Crippen molar-refractivity contribution in [2.24, 2.45) is 0 Å². The van der Waals surface area contributed by atoms with Crippen molar-refractivity contribution in [2.45, 2.75) is 26.3 Å². The maximum Gasteiger partial charge on any atom is 0.295 e. The van der Waals surface area contributed by atoms with E-state index in [1.807, 2.05) is 51.0 Å². The van der Waals surface area contributed by atoms with Crippen LogP contribution in [0.25, 0.3) is 5.76 Å². The summed E-state index contributed by atoms with van der Waals surface area (Å²) in [5.74, 6) is -1.37. The van der Waals surface area contributed by atoms with Crippen LogP contribution in [0.5, 0.6) is 0 Å². The van der Waals surface area contributed by atoms with Crippen molar-refractivity contribution in [1.82, 2.24) is 9.80 Å². The molecule has 0 saturated carbocycles. The van der Waals surface area contributed by atoms with E-state index in [1.165, 1.54) is 0 Å². The molecule has 3 rings (SSSR count). The van der Waals surface area contributed by atoms with Crippen molar-refractivity contribution >= 4 is 29.1 Å². The number of ketones is 1. The lowest BCUT2D eigenvalue weighted by Crippen LogP contribution is -2.32. The smallest absolute Gasteiger partial charge is 0.295 e. The quantitative estimate of drug-likeness (QED) is 0.424. The second-order valence-corrected chi connectivity index (χ2v) is 8.46. The van der Waals surface area contributed by atoms with Crippen molar-refractivity contribution in [3.63, 3.8) is 0 Å². The number of likely N-dealkylation sites (tertiary alicyclic amines) is 1. The van der Waals surface area contributed by atoms with E-state index < -0.39 is 17.7 Å². The Balaban J connectivity index is 2.13. The third-order valence-corrected chi connectivity index (χ3v) is 5.63. The van der Waals surface area contributed by atoms with Crippen LogP contribution in [0.3, 0.4) is 0 Å². The summed E-state index contributed by atoms with van der Waals surface area (Å²) >= 11 is 6.05. The minimum absolute atomic E-state index is 0.126. The molecule has 2 aromatic rings. The number of hydrogen-bond acceptors (Lipinski definition) is 4. The zero-order valence-electron chi connectivity index (χ0n) is 17.8. The van der Waals surface area contributed by atoms with Crippen molar-refractivity contribution in [3.05, 3.63) is 75.3 Å². The molecule has 0 radical (unpaired) electrons. The van der Waals surface area contributed by atoms with Crippen LogP contribution in [0.4, 0.5) is 0 Å². The number of aryl methyl sites for hydroxylation is 2. The number of aliphatic hydroxyl groups is 1. The molecule has 1 fully saturated rings. The number of amides is 1. The fraction of sp³-hybridized carbons (Fsp3) is 0.333. The molecule has 1 saturated heterocycles. The highest BCUT2D eigenvalue weighted by Crippen LogP contribution is 2.40. The lowest BCUT2D eigenvalue weighted by molar-refractivity contribution is -0.139. The molecule has 2 aromatic carbocycles. The number of Topliss-reactive ketones (excluding diaryl/α,β-unsaturated/α-hetero) is 1. The second-order valence-electron chi connectivity index (χ2n) is 8.02. The molecule has 0 spiro atoms. The Kier molecular flexibility index (Phi) is 6.64. The highest BCUT2D eigenvalue weighted by Gasteiger charge is 2.45. The topological polar surface area (TPSA) is 60.9 Å². The van der Waals surface area contributed by atoms with E-state index in [0.717, 1.165) is 23.2 Å². The Bertz CT molecular complexity index is 996. The van der Waals surface area contributed by atoms with Crippen LogP contribution in [-0.2, 0) is 9.59 Å². The largest absolute Gasteiger partial charge is 0.507 e. The second kappa shape index (κ2) is 9.02. The summed E-state index contributed by atoms with van der Waals surface area (Å²) in [6, 6.07) is 12.1. The minimum atomic E-state index is -0.654. The van der Waals surface area contributed by atoms with E-state index in [2.05, 4.69) is 0 Å². The van der Waals surface area contributed by atoms with Gasteiger partial charge in [0.15, 0.2) is 0 Å². The van der Waals surface area contributed by atoms with E-state index in [1.54, 1.807) is 29.2 Å². The normalized spacial score (nSPS) is 18.5. The fourth-order valence-corrected chi connectivity index (χ4v) is 3.92. The zero-order valence-corrected chi connectivity index (χ0v) is 18.5. The van der Waals surface area contributed by atoms with Crippen molar-refractivity contribution in [3.8, 4) is 0 Å². The van der Waals surface area contributed by atoms with Gasteiger partial charge in [-0.2, -0.15) is 0 Å². The molecule has 158 valence electrons. The van der Waals surface area contributed by atoms with Crippen molar-refractivity contribution in [1.29, 1.82) is 0 Å². The van der Waals surface area contributed by atoms with Crippen LogP contribution in [-0.4, -0.2) is 53.8 Å². The van der Waals surface area contributed by atoms with Gasteiger partial charge in [-0.3, -0.25) is 9.59 Å². The number of nitrogens with zero attached hydrogens (tertiary/aromatic N) is 2. The van der Waals surface area contributed by atoms with Gasteiger partial charge in [0.25, 0.3) is 11.7 Å². The summed E-state index contributed by atoms with van der Waals surface area (Å²) in [6.07, 6.45) is 0.716. The first kappa shape index (κ1) is 22.1. The van der Waals surface area contributed by atoms with Crippen molar-refractivity contribution < 1.29 is 14.7 Å². The summed E-state index contributed by atoms with van der Waals surface area (Å²) in [6.45, 7) is 5.00. The first-order chi connectivity index (χ1) is 14.2. The maximum atomic E-state index is 13.0. The van der Waals surface area contributed by atoms with Crippen LogP contribution in [0.2, 0.25) is 5.02 Å². The Hall–Kier alpha value is -2.63. The average molecular weight is 427 g/mol. The number of aliphatic hydroxyl groups excluding tert-OH is 1. The molecule has 1 heterocycles. The Morgan fingerprint density at radius 1 is 1.10 bits per heavy atom. The predicted octanol–water partition coefficient (Wildman–Crippen LogP) is 4.33. The highest BCUT2D eigenvalue weighted by molar-refractivity contribution is 6.46. The SMILES string of the molecule is Cc1ccc(C)c(/C(O)=C2\C(=O)C(=O)N(CCCN(C)C)C2c2ccc(Cl)cc2)c1. The number of halogens is 1. The fourth-order valence-electron chi connectivity index (χ4n) is 3.80. The Morgan fingerprint density at radius 2 is 1.77 bits per heavy atom. The van der Waals surface area contributed by atoms with Gasteiger partial charge in [0, 0.05) is 17.1 Å². The molecule has 1 amide bonds. The van der Waals surface area contributed by atoms with Crippen LogP contribution in [0.1, 0.15) is 34.7 Å². The summed E-state index contributed by atoms with van der Waals surface area (Å²) in [5, 5.41) is 11.7. The van der Waals surface area contributed by atoms with Gasteiger partial charge >= 0.3 is 0 Å². The molecule has 5 nitrogen and oxygen atoms in total. The van der Waals surface area contributed by atoms with Crippen LogP contribution >= 0.6 is 11.6 Å². The van der Waals surface area contributed by atoms with Crippen molar-refractivity contribution in [2.75, 3.05) is 27.2 Å². The van der Waals surface area contributed by atoms with E-state index in [9.17, 15) is 14.7 Å². The number of carbonyl (C=O) groups is 2. The summed E-state index contributed by atoms with van der Waals surface area (Å²) < 4.78 is 0. The standard InChI is InChI=1S/C24H27ClN2O3/c1-15-6-7-16(2)19(14-15)22(28)20-21(17-8-10-18(25)11-9-17)27(24(30)23(20)29)13-5-12-26(3)4/h6-11,14,21,28H,5,12-13H2,1-4H3/b22-20+. The van der Waals surface area contributed by atoms with Gasteiger partial charge in [-0.25, -0.2) is 0 Å². The summed E-state index contributed by atoms with van der Waals surface area (Å²) in [5.41, 5.74) is 3.24. The van der Waals surface area contributed by atoms with Gasteiger partial charge in [0.2, 0.25) is 0 Å². The van der Waals surface area contributed by atoms with E-state index in [-0.39, 0.29) is 11.3 Å². The molecular formula is C24H27ClN2O3. The number of benzene rings is 2. The van der Waals surface area contributed by atoms with Gasteiger partial charge in [0.1, 0.15) is 5.76 Å². The Morgan fingerprint density at radius 3 is 2.40 bits per heavy atom. The van der Waals surface area contributed by atoms with Crippen LogP contribution in [0, 0.1) is 13.8 Å². The van der Waals surface area contributed by atoms with E-state index >= 15 is 0 Å². The zero-order chi connectivity index (χ0) is 22.0. The van der Waals surface area contributed by atoms with Gasteiger partial charge in [-0.05, 0) is 70.2 Å². The van der Waals surface area contributed by atoms with Crippen LogP contribution < -0.4 is 0 Å². The minimum Gasteiger partial charge on any atom is -0.507 e. The molecule has 1 aliphatic heterocycles. The molecule has 1 aliphatic rings. The lowest BCUT2D eigenvalue weighted by Gasteiger charge is -2.26. The van der Waals surface area contributed by atoms with E-state index in [0.29, 0.717) is 23.6 Å².